The van der Waals surface area contributed by atoms with Gasteiger partial charge >= 0.3 is 0 Å². The molecule has 0 radical (unpaired) electrons. The lowest BCUT2D eigenvalue weighted by Gasteiger charge is -2.30. The van der Waals surface area contributed by atoms with Crippen LogP contribution in [0.2, 0.25) is 5.02 Å². The Hall–Kier alpha value is -2.24. The van der Waals surface area contributed by atoms with Gasteiger partial charge in [0, 0.05) is 30.8 Å². The number of anilines is 1. The minimum atomic E-state index is -0.208. The topological polar surface area (TPSA) is 50.8 Å². The van der Waals surface area contributed by atoms with E-state index in [1.165, 1.54) is 32.6 Å². The monoisotopic (exact) mass is 402 g/mol. The highest BCUT2D eigenvalue weighted by atomic mass is 35.5. The number of piperidine rings is 1. The maximum atomic E-state index is 12.7. The van der Waals surface area contributed by atoms with E-state index in [9.17, 15) is 4.79 Å². The molecule has 1 N–H and O–H groups in total. The lowest BCUT2D eigenvalue weighted by atomic mass is 9.99. The number of benzene rings is 2. The second kappa shape index (κ2) is 9.30. The van der Waals surface area contributed by atoms with Crippen molar-refractivity contribution in [3.63, 3.8) is 0 Å². The van der Waals surface area contributed by atoms with Crippen LogP contribution in [0.15, 0.2) is 36.4 Å². The molecule has 0 saturated carbocycles. The number of hydrogen-bond acceptors (Lipinski definition) is 4. The molecular formula is C22H27ClN2O3. The van der Waals surface area contributed by atoms with E-state index in [1.54, 1.807) is 12.1 Å². The maximum Gasteiger partial charge on any atom is 0.255 e. The molecule has 150 valence electrons. The maximum absolute atomic E-state index is 12.7. The molecule has 6 heteroatoms. The molecule has 1 saturated heterocycles. The molecule has 1 heterocycles. The van der Waals surface area contributed by atoms with Crippen molar-refractivity contribution in [2.24, 2.45) is 5.92 Å². The van der Waals surface area contributed by atoms with Crippen molar-refractivity contribution in [3.8, 4) is 11.5 Å². The third-order valence-corrected chi connectivity index (χ3v) is 5.38. The molecule has 2 aromatic rings. The first-order valence-electron chi connectivity index (χ1n) is 9.54. The molecule has 0 unspecified atom stereocenters. The third-order valence-electron chi connectivity index (χ3n) is 5.09. The minimum absolute atomic E-state index is 0.208. The van der Waals surface area contributed by atoms with Crippen molar-refractivity contribution < 1.29 is 14.3 Å². The quantitative estimate of drug-likeness (QED) is 0.751. The van der Waals surface area contributed by atoms with E-state index in [-0.39, 0.29) is 5.91 Å². The molecule has 3 rings (SSSR count). The smallest absolute Gasteiger partial charge is 0.255 e. The third kappa shape index (κ3) is 4.97. The van der Waals surface area contributed by atoms with Gasteiger partial charge in [-0.1, -0.05) is 30.7 Å². The van der Waals surface area contributed by atoms with Gasteiger partial charge < -0.3 is 14.8 Å². The highest BCUT2D eigenvalue weighted by molar-refractivity contribution is 6.32. The summed E-state index contributed by atoms with van der Waals surface area (Å²) < 4.78 is 10.5. The van der Waals surface area contributed by atoms with Crippen LogP contribution in [0, 0.1) is 5.92 Å². The number of nitrogens with zero attached hydrogens (tertiary/aromatic N) is 1. The van der Waals surface area contributed by atoms with Crippen LogP contribution >= 0.6 is 11.6 Å². The number of carbonyl (C=O) groups is 1. The number of rotatable bonds is 6. The van der Waals surface area contributed by atoms with Crippen LogP contribution in [-0.4, -0.2) is 38.1 Å². The number of amides is 1. The van der Waals surface area contributed by atoms with Gasteiger partial charge in [-0.25, -0.2) is 0 Å². The average Bonchev–Trinajstić information content (AvgIpc) is 2.69. The van der Waals surface area contributed by atoms with E-state index in [4.69, 9.17) is 21.1 Å². The number of carbonyl (C=O) groups excluding carboxylic acids is 1. The summed E-state index contributed by atoms with van der Waals surface area (Å²) in [6.07, 6.45) is 2.57. The molecule has 0 bridgehead atoms. The molecular weight excluding hydrogens is 376 g/mol. The van der Waals surface area contributed by atoms with Gasteiger partial charge in [0.2, 0.25) is 0 Å². The Labute approximate surface area is 171 Å². The number of hydrogen-bond donors (Lipinski definition) is 1. The molecule has 28 heavy (non-hydrogen) atoms. The number of nitrogens with one attached hydrogen (secondary N) is 1. The Morgan fingerprint density at radius 3 is 2.54 bits per heavy atom. The van der Waals surface area contributed by atoms with E-state index in [0.29, 0.717) is 27.8 Å². The summed E-state index contributed by atoms with van der Waals surface area (Å²) in [6.45, 7) is 5.51. The predicted molar refractivity (Wildman–Crippen MR) is 113 cm³/mol. The summed E-state index contributed by atoms with van der Waals surface area (Å²) in [5, 5.41) is 3.30. The van der Waals surface area contributed by atoms with E-state index in [0.717, 1.165) is 25.6 Å². The Bertz CT molecular complexity index is 823. The van der Waals surface area contributed by atoms with Crippen molar-refractivity contribution >= 4 is 23.2 Å². The van der Waals surface area contributed by atoms with Gasteiger partial charge in [0.05, 0.1) is 24.9 Å². The van der Waals surface area contributed by atoms with Gasteiger partial charge in [0.1, 0.15) is 11.5 Å². The minimum Gasteiger partial charge on any atom is -0.495 e. The second-order valence-electron chi connectivity index (χ2n) is 7.32. The van der Waals surface area contributed by atoms with Gasteiger partial charge in [-0.05, 0) is 43.0 Å². The summed E-state index contributed by atoms with van der Waals surface area (Å²) >= 11 is 6.12. The number of halogens is 1. The molecule has 1 aliphatic heterocycles. The summed E-state index contributed by atoms with van der Waals surface area (Å²) in [5.74, 6) is 1.50. The highest BCUT2D eigenvalue weighted by Crippen LogP contribution is 2.36. The highest BCUT2D eigenvalue weighted by Gasteiger charge is 2.17. The summed E-state index contributed by atoms with van der Waals surface area (Å²) in [4.78, 5) is 15.1. The zero-order chi connectivity index (χ0) is 20.1. The molecule has 1 amide bonds. The lowest BCUT2D eigenvalue weighted by Crippen LogP contribution is -2.33. The first-order chi connectivity index (χ1) is 13.5. The summed E-state index contributed by atoms with van der Waals surface area (Å²) in [7, 11) is 3.06. The standard InChI is InChI=1S/C22H27ClN2O3/c1-15-5-4-10-25(13-15)14-16-6-8-17(9-7-16)22(26)24-19-12-20(27-2)18(23)11-21(19)28-3/h6-9,11-12,15H,4-5,10,13-14H2,1-3H3,(H,24,26)/t15-/m0/s1. The molecule has 0 aliphatic carbocycles. The van der Waals surface area contributed by atoms with Crippen LogP contribution in [0.1, 0.15) is 35.7 Å². The van der Waals surface area contributed by atoms with Gasteiger partial charge in [-0.15, -0.1) is 0 Å². The predicted octanol–water partition coefficient (Wildman–Crippen LogP) is 4.84. The summed E-state index contributed by atoms with van der Waals surface area (Å²) in [6, 6.07) is 11.0. The summed E-state index contributed by atoms with van der Waals surface area (Å²) in [5.41, 5.74) is 2.32. The van der Waals surface area contributed by atoms with Gasteiger partial charge in [-0.2, -0.15) is 0 Å². The SMILES string of the molecule is COc1cc(NC(=O)c2ccc(CN3CCC[C@H](C)C3)cc2)c(OC)cc1Cl. The zero-order valence-electron chi connectivity index (χ0n) is 16.6. The molecule has 1 aliphatic rings. The number of likely N-dealkylation sites (tertiary alicyclic amines) is 1. The van der Waals surface area contributed by atoms with Crippen LogP contribution in [0.4, 0.5) is 5.69 Å². The largest absolute Gasteiger partial charge is 0.495 e. The van der Waals surface area contributed by atoms with Gasteiger partial charge in [0.15, 0.2) is 0 Å². The van der Waals surface area contributed by atoms with E-state index in [2.05, 4.69) is 17.1 Å². The van der Waals surface area contributed by atoms with Gasteiger partial charge in [-0.3, -0.25) is 9.69 Å². The Kier molecular flexibility index (Phi) is 6.81. The van der Waals surface area contributed by atoms with Crippen molar-refractivity contribution in [1.82, 2.24) is 4.90 Å². The van der Waals surface area contributed by atoms with Crippen molar-refractivity contribution in [2.45, 2.75) is 26.3 Å². The fourth-order valence-electron chi connectivity index (χ4n) is 3.60. The normalized spacial score (nSPS) is 17.2. The average molecular weight is 403 g/mol. The van der Waals surface area contributed by atoms with Crippen LogP contribution in [0.3, 0.4) is 0 Å². The lowest BCUT2D eigenvalue weighted by molar-refractivity contribution is 0.102. The van der Waals surface area contributed by atoms with E-state index in [1.807, 2.05) is 24.3 Å². The number of methoxy groups -OCH3 is 2. The van der Waals surface area contributed by atoms with Crippen LogP contribution in [0.25, 0.3) is 0 Å². The first-order valence-corrected chi connectivity index (χ1v) is 9.92. The van der Waals surface area contributed by atoms with Crippen molar-refractivity contribution in [1.29, 1.82) is 0 Å². The van der Waals surface area contributed by atoms with Crippen molar-refractivity contribution in [2.75, 3.05) is 32.6 Å². The first kappa shape index (κ1) is 20.5. The van der Waals surface area contributed by atoms with Crippen LogP contribution in [0.5, 0.6) is 11.5 Å². The van der Waals surface area contributed by atoms with Crippen LogP contribution < -0.4 is 14.8 Å². The van der Waals surface area contributed by atoms with Crippen LogP contribution in [-0.2, 0) is 6.54 Å². The Morgan fingerprint density at radius 2 is 1.89 bits per heavy atom. The van der Waals surface area contributed by atoms with E-state index < -0.39 is 0 Å². The molecule has 5 nitrogen and oxygen atoms in total. The Morgan fingerprint density at radius 1 is 1.18 bits per heavy atom. The second-order valence-corrected chi connectivity index (χ2v) is 7.73. The molecule has 0 spiro atoms. The zero-order valence-corrected chi connectivity index (χ0v) is 17.4. The van der Waals surface area contributed by atoms with Crippen molar-refractivity contribution in [3.05, 3.63) is 52.5 Å². The molecule has 1 fully saturated rings. The number of ether oxygens (including phenoxy) is 2. The molecule has 0 aromatic heterocycles. The molecule has 1 atom stereocenters. The van der Waals surface area contributed by atoms with E-state index >= 15 is 0 Å². The fraction of sp³-hybridized carbons (Fsp3) is 0.409. The molecule has 2 aromatic carbocycles. The van der Waals surface area contributed by atoms with Gasteiger partial charge in [0.25, 0.3) is 5.91 Å². The fourth-order valence-corrected chi connectivity index (χ4v) is 3.83. The Balaban J connectivity index is 1.68.